The number of nitrogens with one attached hydrogen (secondary N) is 2. The number of hydrogen-bond donors (Lipinski definition) is 2. The quantitative estimate of drug-likeness (QED) is 0.793. The molecule has 0 saturated carbocycles. The van der Waals surface area contributed by atoms with Gasteiger partial charge < -0.3 is 10.3 Å². The molecule has 2 N–H and O–H groups in total. The van der Waals surface area contributed by atoms with E-state index in [0.29, 0.717) is 0 Å². The van der Waals surface area contributed by atoms with Crippen LogP contribution >= 0.6 is 0 Å². The van der Waals surface area contributed by atoms with E-state index in [1.165, 1.54) is 0 Å². The highest BCUT2D eigenvalue weighted by atomic mass is 15.0. The van der Waals surface area contributed by atoms with Gasteiger partial charge in [0.05, 0.1) is 6.20 Å². The van der Waals surface area contributed by atoms with Gasteiger partial charge in [-0.1, -0.05) is 6.07 Å². The molecule has 0 unspecified atom stereocenters. The Morgan fingerprint density at radius 3 is 3.00 bits per heavy atom. The Balaban J connectivity index is 2.29. The second-order valence-electron chi connectivity index (χ2n) is 3.45. The van der Waals surface area contributed by atoms with Gasteiger partial charge in [0.25, 0.3) is 0 Å². The van der Waals surface area contributed by atoms with Crippen LogP contribution in [-0.2, 0) is 6.54 Å². The fourth-order valence-corrected chi connectivity index (χ4v) is 1.44. The number of aryl methyl sites for hydroxylation is 1. The summed E-state index contributed by atoms with van der Waals surface area (Å²) < 4.78 is 0. The predicted molar refractivity (Wildman–Crippen MR) is 59.3 cm³/mol. The van der Waals surface area contributed by atoms with E-state index in [4.69, 9.17) is 0 Å². The molecule has 0 spiro atoms. The third-order valence-corrected chi connectivity index (χ3v) is 2.13. The fraction of sp³-hybridized carbons (Fsp3) is 0.273. The molecule has 4 nitrogen and oxygen atoms in total. The Labute approximate surface area is 88.8 Å². The molecule has 78 valence electrons. The van der Waals surface area contributed by atoms with E-state index in [0.717, 1.165) is 29.5 Å². The highest BCUT2D eigenvalue weighted by molar-refractivity contribution is 5.49. The molecule has 0 fully saturated rings. The highest BCUT2D eigenvalue weighted by Gasteiger charge is 2.03. The third-order valence-electron chi connectivity index (χ3n) is 2.13. The number of aromatic nitrogens is 3. The minimum atomic E-state index is 0.790. The third kappa shape index (κ3) is 2.22. The Morgan fingerprint density at radius 1 is 1.40 bits per heavy atom. The van der Waals surface area contributed by atoms with Gasteiger partial charge in [0.1, 0.15) is 5.69 Å². The Morgan fingerprint density at radius 2 is 2.27 bits per heavy atom. The van der Waals surface area contributed by atoms with Crippen molar-refractivity contribution in [2.45, 2.75) is 13.5 Å². The van der Waals surface area contributed by atoms with Crippen LogP contribution in [0.5, 0.6) is 0 Å². The lowest BCUT2D eigenvalue weighted by molar-refractivity contribution is 0.797. The maximum atomic E-state index is 4.40. The van der Waals surface area contributed by atoms with Gasteiger partial charge in [-0.05, 0) is 26.1 Å². The van der Waals surface area contributed by atoms with Gasteiger partial charge >= 0.3 is 0 Å². The molecule has 2 aromatic rings. The normalized spacial score (nSPS) is 10.5. The molecule has 2 heterocycles. The van der Waals surface area contributed by atoms with E-state index in [9.17, 15) is 0 Å². The molecular weight excluding hydrogens is 188 g/mol. The van der Waals surface area contributed by atoms with E-state index in [2.05, 4.69) is 20.3 Å². The molecule has 0 saturated heterocycles. The van der Waals surface area contributed by atoms with Crippen LogP contribution in [-0.4, -0.2) is 22.0 Å². The summed E-state index contributed by atoms with van der Waals surface area (Å²) in [5.74, 6) is 0.823. The summed E-state index contributed by atoms with van der Waals surface area (Å²) in [5, 5.41) is 3.07. The maximum Gasteiger partial charge on any atom is 0.156 e. The molecule has 2 aromatic heterocycles. The number of H-pyrrole nitrogens is 1. The van der Waals surface area contributed by atoms with Gasteiger partial charge in [-0.2, -0.15) is 0 Å². The molecular formula is C11H14N4. The number of aromatic amines is 1. The summed E-state index contributed by atoms with van der Waals surface area (Å²) >= 11 is 0. The standard InChI is InChI=1S/C11H14N4/c1-8-4-3-5-10(14-8)11-13-7-9(15-11)6-12-2/h3-5,7,12H,6H2,1-2H3,(H,13,15). The topological polar surface area (TPSA) is 53.6 Å². The average molecular weight is 202 g/mol. The molecule has 2 rings (SSSR count). The molecule has 0 amide bonds. The number of nitrogens with zero attached hydrogens (tertiary/aromatic N) is 2. The molecule has 4 heteroatoms. The van der Waals surface area contributed by atoms with Crippen molar-refractivity contribution in [1.29, 1.82) is 0 Å². The number of hydrogen-bond acceptors (Lipinski definition) is 3. The predicted octanol–water partition coefficient (Wildman–Crippen LogP) is 1.50. The second-order valence-corrected chi connectivity index (χ2v) is 3.45. The first-order valence-electron chi connectivity index (χ1n) is 4.92. The van der Waals surface area contributed by atoms with Crippen LogP contribution in [0.4, 0.5) is 0 Å². The van der Waals surface area contributed by atoms with Crippen molar-refractivity contribution in [2.24, 2.45) is 0 Å². The van der Waals surface area contributed by atoms with Crippen molar-refractivity contribution >= 4 is 0 Å². The molecule has 0 aromatic carbocycles. The molecule has 0 bridgehead atoms. The summed E-state index contributed by atoms with van der Waals surface area (Å²) in [5.41, 5.74) is 2.95. The van der Waals surface area contributed by atoms with E-state index in [1.54, 1.807) is 0 Å². The van der Waals surface area contributed by atoms with Crippen LogP contribution in [0.25, 0.3) is 11.5 Å². The van der Waals surface area contributed by atoms with Crippen LogP contribution in [0.1, 0.15) is 11.4 Å². The Hall–Kier alpha value is -1.68. The van der Waals surface area contributed by atoms with E-state index < -0.39 is 0 Å². The van der Waals surface area contributed by atoms with Gasteiger partial charge in [-0.15, -0.1) is 0 Å². The number of pyridine rings is 1. The summed E-state index contributed by atoms with van der Waals surface area (Å²) in [7, 11) is 1.91. The van der Waals surface area contributed by atoms with Crippen molar-refractivity contribution in [1.82, 2.24) is 20.3 Å². The monoisotopic (exact) mass is 202 g/mol. The maximum absolute atomic E-state index is 4.40. The summed E-state index contributed by atoms with van der Waals surface area (Å²) in [6.07, 6.45) is 1.83. The highest BCUT2D eigenvalue weighted by Crippen LogP contribution is 2.12. The van der Waals surface area contributed by atoms with Gasteiger partial charge in [-0.25, -0.2) is 9.97 Å². The summed E-state index contributed by atoms with van der Waals surface area (Å²) in [6, 6.07) is 5.91. The summed E-state index contributed by atoms with van der Waals surface area (Å²) in [6.45, 7) is 2.76. The molecule has 0 radical (unpaired) electrons. The van der Waals surface area contributed by atoms with Crippen LogP contribution in [0.2, 0.25) is 0 Å². The van der Waals surface area contributed by atoms with E-state index in [1.807, 2.05) is 38.4 Å². The summed E-state index contributed by atoms with van der Waals surface area (Å²) in [4.78, 5) is 11.9. The van der Waals surface area contributed by atoms with Gasteiger partial charge in [0.2, 0.25) is 0 Å². The van der Waals surface area contributed by atoms with E-state index in [-0.39, 0.29) is 0 Å². The van der Waals surface area contributed by atoms with Crippen LogP contribution in [0.3, 0.4) is 0 Å². The lowest BCUT2D eigenvalue weighted by atomic mass is 10.3. The minimum Gasteiger partial charge on any atom is -0.339 e. The van der Waals surface area contributed by atoms with Gasteiger partial charge in [0.15, 0.2) is 5.82 Å². The lowest BCUT2D eigenvalue weighted by Gasteiger charge is -1.97. The van der Waals surface area contributed by atoms with Crippen molar-refractivity contribution in [2.75, 3.05) is 7.05 Å². The molecule has 0 aliphatic heterocycles. The zero-order chi connectivity index (χ0) is 10.7. The molecule has 0 atom stereocenters. The number of rotatable bonds is 3. The average Bonchev–Trinajstić information content (AvgIpc) is 2.67. The smallest absolute Gasteiger partial charge is 0.156 e. The first kappa shape index (κ1) is 9.86. The Kier molecular flexibility index (Phi) is 2.78. The minimum absolute atomic E-state index is 0.790. The van der Waals surface area contributed by atoms with Crippen LogP contribution in [0.15, 0.2) is 24.4 Å². The largest absolute Gasteiger partial charge is 0.339 e. The molecule has 15 heavy (non-hydrogen) atoms. The fourth-order valence-electron chi connectivity index (χ4n) is 1.44. The van der Waals surface area contributed by atoms with Crippen molar-refractivity contribution in [3.05, 3.63) is 35.8 Å². The number of imidazole rings is 1. The first-order chi connectivity index (χ1) is 7.29. The van der Waals surface area contributed by atoms with Crippen LogP contribution in [0, 0.1) is 6.92 Å². The van der Waals surface area contributed by atoms with Gasteiger partial charge in [-0.3, -0.25) is 0 Å². The van der Waals surface area contributed by atoms with Crippen molar-refractivity contribution < 1.29 is 0 Å². The van der Waals surface area contributed by atoms with Crippen molar-refractivity contribution in [3.8, 4) is 11.5 Å². The molecule has 0 aliphatic carbocycles. The zero-order valence-electron chi connectivity index (χ0n) is 8.91. The van der Waals surface area contributed by atoms with E-state index >= 15 is 0 Å². The van der Waals surface area contributed by atoms with Crippen molar-refractivity contribution in [3.63, 3.8) is 0 Å². The second kappa shape index (κ2) is 4.23. The Bertz CT molecular complexity index is 447. The SMILES string of the molecule is CNCc1cnc(-c2cccc(C)n2)[nH]1. The van der Waals surface area contributed by atoms with Crippen LogP contribution < -0.4 is 5.32 Å². The first-order valence-corrected chi connectivity index (χ1v) is 4.92. The zero-order valence-corrected chi connectivity index (χ0v) is 8.91. The lowest BCUT2D eigenvalue weighted by Crippen LogP contribution is -2.04. The van der Waals surface area contributed by atoms with Gasteiger partial charge in [0, 0.05) is 17.9 Å². The molecule has 0 aliphatic rings.